The van der Waals surface area contributed by atoms with Crippen molar-refractivity contribution in [3.63, 3.8) is 0 Å². The van der Waals surface area contributed by atoms with Gasteiger partial charge in [-0.25, -0.2) is 0 Å². The molecule has 3 heterocycles. The van der Waals surface area contributed by atoms with Crippen molar-refractivity contribution in [1.82, 2.24) is 15.5 Å². The highest BCUT2D eigenvalue weighted by Gasteiger charge is 2.13. The Bertz CT molecular complexity index is 892. The molecule has 0 bridgehead atoms. The van der Waals surface area contributed by atoms with Crippen LogP contribution in [-0.4, -0.2) is 29.4 Å². The van der Waals surface area contributed by atoms with Gasteiger partial charge in [0.25, 0.3) is 0 Å². The molecule has 1 aromatic carbocycles. The molecule has 1 N–H and O–H groups in total. The topological polar surface area (TPSA) is 86.5 Å². The maximum Gasteiger partial charge on any atom is 0.248 e. The zero-order valence-electron chi connectivity index (χ0n) is 13.9. The molecule has 0 aliphatic carbocycles. The van der Waals surface area contributed by atoms with Crippen LogP contribution < -0.4 is 14.8 Å². The van der Waals surface area contributed by atoms with Gasteiger partial charge in [0.15, 0.2) is 11.5 Å². The average molecular weight is 371 g/mol. The Balaban J connectivity index is 1.21. The predicted octanol–water partition coefficient (Wildman–Crippen LogP) is 2.82. The van der Waals surface area contributed by atoms with Gasteiger partial charge in [-0.15, -0.1) is 10.2 Å². The molecule has 0 radical (unpaired) electrons. The summed E-state index contributed by atoms with van der Waals surface area (Å²) in [6.07, 6.45) is 1.46. The fourth-order valence-corrected chi connectivity index (χ4v) is 3.24. The van der Waals surface area contributed by atoms with E-state index in [1.165, 1.54) is 0 Å². The highest BCUT2D eigenvalue weighted by atomic mass is 32.1. The van der Waals surface area contributed by atoms with Gasteiger partial charge < -0.3 is 19.2 Å². The van der Waals surface area contributed by atoms with Gasteiger partial charge in [-0.05, 0) is 35.6 Å². The Hall–Kier alpha value is -2.87. The van der Waals surface area contributed by atoms with E-state index in [4.69, 9.17) is 13.9 Å². The fraction of sp³-hybridized carbons (Fsp3) is 0.278. The van der Waals surface area contributed by atoms with E-state index < -0.39 is 0 Å². The van der Waals surface area contributed by atoms with E-state index in [0.29, 0.717) is 31.2 Å². The third-order valence-electron chi connectivity index (χ3n) is 3.97. The van der Waals surface area contributed by atoms with Crippen LogP contribution in [0.1, 0.15) is 17.9 Å². The number of nitrogens with one attached hydrogen (secondary N) is 1. The number of aryl methyl sites for hydroxylation is 1. The highest BCUT2D eigenvalue weighted by Crippen LogP contribution is 2.32. The summed E-state index contributed by atoms with van der Waals surface area (Å²) in [6, 6.07) is 7.73. The Morgan fingerprint density at radius 2 is 2.08 bits per heavy atom. The lowest BCUT2D eigenvalue weighted by Crippen LogP contribution is -2.25. The minimum Gasteiger partial charge on any atom is -0.454 e. The maximum absolute atomic E-state index is 12.0. The highest BCUT2D eigenvalue weighted by molar-refractivity contribution is 7.08. The average Bonchev–Trinajstić information content (AvgIpc) is 3.39. The van der Waals surface area contributed by atoms with Crippen molar-refractivity contribution in [2.75, 3.05) is 13.3 Å². The number of amides is 1. The van der Waals surface area contributed by atoms with Crippen LogP contribution in [0.25, 0.3) is 11.5 Å². The van der Waals surface area contributed by atoms with E-state index in [1.807, 2.05) is 35.0 Å². The second kappa shape index (κ2) is 7.57. The minimum absolute atomic E-state index is 0.0407. The van der Waals surface area contributed by atoms with Crippen LogP contribution in [-0.2, 0) is 17.6 Å². The minimum atomic E-state index is -0.0407. The number of aromatic nitrogens is 2. The summed E-state index contributed by atoms with van der Waals surface area (Å²) in [5, 5.41) is 14.8. The van der Waals surface area contributed by atoms with E-state index in [9.17, 15) is 4.79 Å². The van der Waals surface area contributed by atoms with Crippen LogP contribution in [0.5, 0.6) is 11.5 Å². The number of thiophene rings is 1. The Kier molecular flexibility index (Phi) is 4.83. The normalized spacial score (nSPS) is 12.3. The summed E-state index contributed by atoms with van der Waals surface area (Å²) >= 11 is 1.57. The van der Waals surface area contributed by atoms with Crippen LogP contribution in [0.15, 0.2) is 39.4 Å². The van der Waals surface area contributed by atoms with Crippen molar-refractivity contribution in [2.45, 2.75) is 19.3 Å². The van der Waals surface area contributed by atoms with Gasteiger partial charge in [0.1, 0.15) is 0 Å². The molecule has 26 heavy (non-hydrogen) atoms. The molecule has 2 aromatic heterocycles. The molecular weight excluding hydrogens is 354 g/mol. The molecule has 0 saturated carbocycles. The van der Waals surface area contributed by atoms with Crippen molar-refractivity contribution >= 4 is 17.2 Å². The molecule has 0 fully saturated rings. The molecule has 7 nitrogen and oxygen atoms in total. The lowest BCUT2D eigenvalue weighted by Gasteiger charge is -2.05. The van der Waals surface area contributed by atoms with Crippen LogP contribution in [0, 0.1) is 0 Å². The molecule has 1 amide bonds. The quantitative estimate of drug-likeness (QED) is 0.687. The van der Waals surface area contributed by atoms with Crippen molar-refractivity contribution in [3.8, 4) is 23.0 Å². The van der Waals surface area contributed by atoms with Crippen molar-refractivity contribution in [1.29, 1.82) is 0 Å². The third kappa shape index (κ3) is 3.85. The van der Waals surface area contributed by atoms with E-state index in [-0.39, 0.29) is 12.7 Å². The molecule has 4 rings (SSSR count). The van der Waals surface area contributed by atoms with E-state index in [0.717, 1.165) is 29.0 Å². The monoisotopic (exact) mass is 371 g/mol. The Morgan fingerprint density at radius 1 is 1.15 bits per heavy atom. The van der Waals surface area contributed by atoms with Gasteiger partial charge in [0.2, 0.25) is 24.5 Å². The number of carbonyl (C=O) groups is 1. The van der Waals surface area contributed by atoms with Gasteiger partial charge >= 0.3 is 0 Å². The van der Waals surface area contributed by atoms with Gasteiger partial charge in [0.05, 0.1) is 0 Å². The zero-order valence-corrected chi connectivity index (χ0v) is 14.8. The molecule has 0 saturated heterocycles. The smallest absolute Gasteiger partial charge is 0.248 e. The standard InChI is InChI=1S/C18H17N3O4S/c22-16(3-4-17-20-21-18(25-17)13-6-8-26-10-13)19-7-5-12-1-2-14-15(9-12)24-11-23-14/h1-2,6,8-10H,3-5,7,11H2,(H,19,22). The molecule has 1 aliphatic heterocycles. The van der Waals surface area contributed by atoms with Crippen LogP contribution in [0.2, 0.25) is 0 Å². The summed E-state index contributed by atoms with van der Waals surface area (Å²) in [5.41, 5.74) is 1.99. The summed E-state index contributed by atoms with van der Waals surface area (Å²) in [7, 11) is 0. The predicted molar refractivity (Wildman–Crippen MR) is 95.2 cm³/mol. The second-order valence-corrected chi connectivity index (χ2v) is 6.58. The van der Waals surface area contributed by atoms with Crippen molar-refractivity contribution in [3.05, 3.63) is 46.5 Å². The zero-order chi connectivity index (χ0) is 17.8. The van der Waals surface area contributed by atoms with Gasteiger partial charge in [-0.3, -0.25) is 4.79 Å². The number of rotatable bonds is 7. The van der Waals surface area contributed by atoms with Gasteiger partial charge in [-0.1, -0.05) is 6.07 Å². The molecule has 0 atom stereocenters. The van der Waals surface area contributed by atoms with Gasteiger partial charge in [0, 0.05) is 30.3 Å². The maximum atomic E-state index is 12.0. The van der Waals surface area contributed by atoms with E-state index in [2.05, 4.69) is 15.5 Å². The number of carbonyl (C=O) groups excluding carboxylic acids is 1. The van der Waals surface area contributed by atoms with Gasteiger partial charge in [-0.2, -0.15) is 11.3 Å². The first kappa shape index (κ1) is 16.6. The number of ether oxygens (including phenoxy) is 2. The first-order valence-corrected chi connectivity index (χ1v) is 9.22. The second-order valence-electron chi connectivity index (χ2n) is 5.80. The molecule has 1 aliphatic rings. The number of benzene rings is 1. The molecular formula is C18H17N3O4S. The Labute approximate surface area is 154 Å². The first-order valence-electron chi connectivity index (χ1n) is 8.28. The van der Waals surface area contributed by atoms with Crippen molar-refractivity contribution in [2.24, 2.45) is 0 Å². The number of fused-ring (bicyclic) bond motifs is 1. The first-order chi connectivity index (χ1) is 12.8. The summed E-state index contributed by atoms with van der Waals surface area (Å²) < 4.78 is 16.2. The molecule has 0 spiro atoms. The summed E-state index contributed by atoms with van der Waals surface area (Å²) in [6.45, 7) is 0.821. The van der Waals surface area contributed by atoms with Crippen LogP contribution >= 0.6 is 11.3 Å². The SMILES string of the molecule is O=C(CCc1nnc(-c2ccsc2)o1)NCCc1ccc2c(c1)OCO2. The molecule has 3 aromatic rings. The number of hydrogen-bond donors (Lipinski definition) is 1. The fourth-order valence-electron chi connectivity index (χ4n) is 2.61. The third-order valence-corrected chi connectivity index (χ3v) is 4.66. The largest absolute Gasteiger partial charge is 0.454 e. The van der Waals surface area contributed by atoms with Crippen LogP contribution in [0.3, 0.4) is 0 Å². The Morgan fingerprint density at radius 3 is 2.96 bits per heavy atom. The van der Waals surface area contributed by atoms with Crippen molar-refractivity contribution < 1.29 is 18.7 Å². The van der Waals surface area contributed by atoms with Crippen LogP contribution in [0.4, 0.5) is 0 Å². The number of hydrogen-bond acceptors (Lipinski definition) is 7. The van der Waals surface area contributed by atoms with E-state index >= 15 is 0 Å². The lowest BCUT2D eigenvalue weighted by molar-refractivity contribution is -0.121. The summed E-state index contributed by atoms with van der Waals surface area (Å²) in [4.78, 5) is 12.0. The lowest BCUT2D eigenvalue weighted by atomic mass is 10.1. The number of nitrogens with zero attached hydrogens (tertiary/aromatic N) is 2. The molecule has 8 heteroatoms. The molecule has 134 valence electrons. The summed E-state index contributed by atoms with van der Waals surface area (Å²) in [5.74, 6) is 2.44. The van der Waals surface area contributed by atoms with E-state index in [1.54, 1.807) is 11.3 Å². The molecule has 0 unspecified atom stereocenters.